The molecular weight excluding hydrogens is 288 g/mol. The van der Waals surface area contributed by atoms with Crippen molar-refractivity contribution >= 4 is 15.7 Å². The minimum absolute atomic E-state index is 0.0701. The first-order valence-corrected chi connectivity index (χ1v) is 9.02. The van der Waals surface area contributed by atoms with Gasteiger partial charge in [0.05, 0.1) is 4.90 Å². The lowest BCUT2D eigenvalue weighted by Gasteiger charge is -2.21. The number of rotatable bonds is 7. The summed E-state index contributed by atoms with van der Waals surface area (Å²) in [4.78, 5) is 12.2. The normalized spacial score (nSPS) is 13.2. The summed E-state index contributed by atoms with van der Waals surface area (Å²) in [6, 6.07) is 5.82. The minimum Gasteiger partial charge on any atom is -0.350 e. The van der Waals surface area contributed by atoms with E-state index in [1.54, 1.807) is 0 Å². The van der Waals surface area contributed by atoms with Gasteiger partial charge in [-0.25, -0.2) is 8.42 Å². The second-order valence-electron chi connectivity index (χ2n) is 5.25. The van der Waals surface area contributed by atoms with Gasteiger partial charge in [-0.15, -0.1) is 0 Å². The van der Waals surface area contributed by atoms with Crippen LogP contribution < -0.4 is 11.1 Å². The quantitative estimate of drug-likeness (QED) is 0.800. The molecule has 0 fully saturated rings. The smallest absolute Gasteiger partial charge is 0.251 e. The summed E-state index contributed by atoms with van der Waals surface area (Å²) in [7, 11) is -3.24. The maximum absolute atomic E-state index is 12.0. The van der Waals surface area contributed by atoms with E-state index >= 15 is 0 Å². The predicted molar refractivity (Wildman–Crippen MR) is 83.9 cm³/mol. The Kier molecular flexibility index (Phi) is 6.36. The molecule has 21 heavy (non-hydrogen) atoms. The number of amides is 1. The van der Waals surface area contributed by atoms with Crippen LogP contribution in [0.3, 0.4) is 0 Å². The monoisotopic (exact) mass is 312 g/mol. The third kappa shape index (κ3) is 5.13. The molecule has 0 aliphatic carbocycles. The molecular formula is C15H24N2O3S. The van der Waals surface area contributed by atoms with Crippen LogP contribution in [0, 0.1) is 5.92 Å². The SMILES string of the molecule is CCC(CC)C(N)CNC(=O)c1ccc(S(C)(=O)=O)cc1. The summed E-state index contributed by atoms with van der Waals surface area (Å²) >= 11 is 0. The van der Waals surface area contributed by atoms with Crippen molar-refractivity contribution in [2.45, 2.75) is 37.6 Å². The first-order chi connectivity index (χ1) is 9.79. The van der Waals surface area contributed by atoms with E-state index in [0.29, 0.717) is 18.0 Å². The van der Waals surface area contributed by atoms with Gasteiger partial charge in [0.15, 0.2) is 9.84 Å². The molecule has 0 spiro atoms. The second-order valence-corrected chi connectivity index (χ2v) is 7.26. The van der Waals surface area contributed by atoms with Gasteiger partial charge in [0, 0.05) is 24.4 Å². The molecule has 1 aromatic rings. The molecule has 0 heterocycles. The van der Waals surface area contributed by atoms with E-state index in [4.69, 9.17) is 5.73 Å². The van der Waals surface area contributed by atoms with Crippen LogP contribution in [0.2, 0.25) is 0 Å². The highest BCUT2D eigenvalue weighted by Crippen LogP contribution is 2.12. The number of nitrogens with one attached hydrogen (secondary N) is 1. The van der Waals surface area contributed by atoms with Gasteiger partial charge in [0.1, 0.15) is 0 Å². The van der Waals surface area contributed by atoms with E-state index < -0.39 is 9.84 Å². The summed E-state index contributed by atoms with van der Waals surface area (Å²) in [6.45, 7) is 4.58. The van der Waals surface area contributed by atoms with Crippen molar-refractivity contribution < 1.29 is 13.2 Å². The van der Waals surface area contributed by atoms with Gasteiger partial charge in [-0.05, 0) is 30.2 Å². The average molecular weight is 312 g/mol. The zero-order chi connectivity index (χ0) is 16.0. The molecule has 118 valence electrons. The Morgan fingerprint density at radius 2 is 1.71 bits per heavy atom. The van der Waals surface area contributed by atoms with Crippen molar-refractivity contribution in [1.29, 1.82) is 0 Å². The van der Waals surface area contributed by atoms with Gasteiger partial charge in [-0.2, -0.15) is 0 Å². The second kappa shape index (κ2) is 7.56. The summed E-state index contributed by atoms with van der Waals surface area (Å²) in [5.74, 6) is 0.148. The fourth-order valence-electron chi connectivity index (χ4n) is 2.23. The van der Waals surface area contributed by atoms with Crippen LogP contribution in [-0.2, 0) is 9.84 Å². The van der Waals surface area contributed by atoms with E-state index in [2.05, 4.69) is 19.2 Å². The van der Waals surface area contributed by atoms with Crippen molar-refractivity contribution in [1.82, 2.24) is 5.32 Å². The predicted octanol–water partition coefficient (Wildman–Crippen LogP) is 1.58. The fourth-order valence-corrected chi connectivity index (χ4v) is 2.86. The molecule has 6 heteroatoms. The lowest BCUT2D eigenvalue weighted by Crippen LogP contribution is -2.41. The number of carbonyl (C=O) groups is 1. The molecule has 1 rings (SSSR count). The first-order valence-electron chi connectivity index (χ1n) is 7.13. The van der Waals surface area contributed by atoms with Gasteiger partial charge in [0.25, 0.3) is 5.91 Å². The van der Waals surface area contributed by atoms with Gasteiger partial charge in [0.2, 0.25) is 0 Å². The Labute approximate surface area is 126 Å². The highest BCUT2D eigenvalue weighted by atomic mass is 32.2. The molecule has 0 aromatic heterocycles. The fraction of sp³-hybridized carbons (Fsp3) is 0.533. The van der Waals surface area contributed by atoms with Gasteiger partial charge < -0.3 is 11.1 Å². The van der Waals surface area contributed by atoms with Crippen molar-refractivity contribution in [3.63, 3.8) is 0 Å². The van der Waals surface area contributed by atoms with E-state index in [0.717, 1.165) is 19.1 Å². The van der Waals surface area contributed by atoms with Crippen molar-refractivity contribution in [3.8, 4) is 0 Å². The van der Waals surface area contributed by atoms with E-state index in [1.807, 2.05) is 0 Å². The van der Waals surface area contributed by atoms with E-state index in [-0.39, 0.29) is 16.8 Å². The van der Waals surface area contributed by atoms with Crippen LogP contribution in [0.5, 0.6) is 0 Å². The molecule has 0 aliphatic heterocycles. The van der Waals surface area contributed by atoms with Crippen LogP contribution in [-0.4, -0.2) is 33.2 Å². The number of hydrogen-bond acceptors (Lipinski definition) is 4. The molecule has 1 amide bonds. The Balaban J connectivity index is 2.64. The van der Waals surface area contributed by atoms with E-state index in [1.165, 1.54) is 24.3 Å². The van der Waals surface area contributed by atoms with Crippen LogP contribution in [0.25, 0.3) is 0 Å². The molecule has 0 saturated carbocycles. The maximum atomic E-state index is 12.0. The zero-order valence-electron chi connectivity index (χ0n) is 12.8. The summed E-state index contributed by atoms with van der Waals surface area (Å²) in [5, 5.41) is 2.79. The Morgan fingerprint density at radius 3 is 2.14 bits per heavy atom. The molecule has 3 N–H and O–H groups in total. The minimum atomic E-state index is -3.24. The number of hydrogen-bond donors (Lipinski definition) is 2. The molecule has 1 unspecified atom stereocenters. The molecule has 0 saturated heterocycles. The third-order valence-electron chi connectivity index (χ3n) is 3.70. The Morgan fingerprint density at radius 1 is 1.19 bits per heavy atom. The first kappa shape index (κ1) is 17.7. The summed E-state index contributed by atoms with van der Waals surface area (Å²) in [6.07, 6.45) is 3.10. The third-order valence-corrected chi connectivity index (χ3v) is 4.83. The number of benzene rings is 1. The molecule has 0 bridgehead atoms. The number of sulfone groups is 1. The van der Waals surface area contributed by atoms with Crippen LogP contribution in [0.1, 0.15) is 37.0 Å². The van der Waals surface area contributed by atoms with E-state index in [9.17, 15) is 13.2 Å². The lowest BCUT2D eigenvalue weighted by molar-refractivity contribution is 0.0948. The highest BCUT2D eigenvalue weighted by molar-refractivity contribution is 7.90. The van der Waals surface area contributed by atoms with Crippen molar-refractivity contribution in [2.24, 2.45) is 11.7 Å². The zero-order valence-corrected chi connectivity index (χ0v) is 13.6. The number of carbonyl (C=O) groups excluding carboxylic acids is 1. The molecule has 1 aromatic carbocycles. The number of nitrogens with two attached hydrogens (primary N) is 1. The largest absolute Gasteiger partial charge is 0.350 e. The van der Waals surface area contributed by atoms with Crippen molar-refractivity contribution in [2.75, 3.05) is 12.8 Å². The molecule has 1 atom stereocenters. The maximum Gasteiger partial charge on any atom is 0.251 e. The topological polar surface area (TPSA) is 89.3 Å². The van der Waals surface area contributed by atoms with Crippen LogP contribution in [0.4, 0.5) is 0 Å². The molecule has 0 aliphatic rings. The van der Waals surface area contributed by atoms with Crippen LogP contribution >= 0.6 is 0 Å². The highest BCUT2D eigenvalue weighted by Gasteiger charge is 2.15. The summed E-state index contributed by atoms with van der Waals surface area (Å²) < 4.78 is 22.7. The summed E-state index contributed by atoms with van der Waals surface area (Å²) in [5.41, 5.74) is 6.48. The Bertz CT molecular complexity index is 563. The van der Waals surface area contributed by atoms with Gasteiger partial charge >= 0.3 is 0 Å². The standard InChI is InChI=1S/C15H24N2O3S/c1-4-11(5-2)14(16)10-17-15(18)12-6-8-13(9-7-12)21(3,19)20/h6-9,11,14H,4-5,10,16H2,1-3H3,(H,17,18). The molecule has 0 radical (unpaired) electrons. The Hall–Kier alpha value is -1.40. The van der Waals surface area contributed by atoms with Gasteiger partial charge in [-0.3, -0.25) is 4.79 Å². The average Bonchev–Trinajstić information content (AvgIpc) is 2.45. The van der Waals surface area contributed by atoms with Crippen LogP contribution in [0.15, 0.2) is 29.2 Å². The van der Waals surface area contributed by atoms with Crippen molar-refractivity contribution in [3.05, 3.63) is 29.8 Å². The molecule has 5 nitrogen and oxygen atoms in total. The van der Waals surface area contributed by atoms with Gasteiger partial charge in [-0.1, -0.05) is 26.7 Å². The lowest BCUT2D eigenvalue weighted by atomic mass is 9.95.